The maximum atomic E-state index is 10.6. The Kier molecular flexibility index (Phi) is 5.82. The lowest BCUT2D eigenvalue weighted by molar-refractivity contribution is 0.287. The molecule has 0 unspecified atom stereocenters. The molecule has 0 amide bonds. The number of aromatic hydroxyl groups is 1. The van der Waals surface area contributed by atoms with Crippen LogP contribution in [-0.4, -0.2) is 37.9 Å². The summed E-state index contributed by atoms with van der Waals surface area (Å²) < 4.78 is 6.13. The van der Waals surface area contributed by atoms with Gasteiger partial charge in [0.2, 0.25) is 0 Å². The summed E-state index contributed by atoms with van der Waals surface area (Å²) in [5, 5.41) is 20.1. The first-order chi connectivity index (χ1) is 18.1. The van der Waals surface area contributed by atoms with Crippen LogP contribution in [0.1, 0.15) is 11.3 Å². The molecule has 0 spiro atoms. The van der Waals surface area contributed by atoms with E-state index in [9.17, 15) is 5.11 Å². The van der Waals surface area contributed by atoms with Crippen molar-refractivity contribution in [2.45, 2.75) is 19.4 Å². The van der Waals surface area contributed by atoms with Crippen LogP contribution in [-0.2, 0) is 6.42 Å². The number of H-pyrrole nitrogens is 2. The molecule has 0 aliphatic heterocycles. The molecule has 3 aromatic carbocycles. The summed E-state index contributed by atoms with van der Waals surface area (Å²) in [4.78, 5) is 8.02. The highest BCUT2D eigenvalue weighted by atomic mass is 16.5. The predicted molar refractivity (Wildman–Crippen MR) is 147 cm³/mol. The van der Waals surface area contributed by atoms with Gasteiger partial charge in [0.15, 0.2) is 0 Å². The number of hydrogen-bond donors (Lipinski definition) is 4. The number of aryl methyl sites for hydroxylation is 1. The van der Waals surface area contributed by atoms with Gasteiger partial charge in [-0.2, -0.15) is 5.10 Å². The SMILES string of the molecule is Cc1[nH]nc2ccc(-c3cc(OC[C@@H](N)Cc4c[nH]c5ccccc45)cnc3-c3ccccc3O)cc12. The molecular formula is C30H27N5O2. The molecule has 0 saturated heterocycles. The molecule has 6 rings (SSSR count). The molecule has 184 valence electrons. The summed E-state index contributed by atoms with van der Waals surface area (Å²) in [5.74, 6) is 0.791. The van der Waals surface area contributed by atoms with E-state index in [0.29, 0.717) is 30.0 Å². The molecule has 7 heteroatoms. The van der Waals surface area contributed by atoms with Crippen molar-refractivity contribution in [3.8, 4) is 33.9 Å². The van der Waals surface area contributed by atoms with E-state index in [0.717, 1.165) is 33.2 Å². The number of para-hydroxylation sites is 2. The second kappa shape index (κ2) is 9.44. The number of benzene rings is 3. The van der Waals surface area contributed by atoms with Crippen molar-refractivity contribution in [2.24, 2.45) is 5.73 Å². The van der Waals surface area contributed by atoms with Crippen LogP contribution < -0.4 is 10.5 Å². The molecule has 7 nitrogen and oxygen atoms in total. The van der Waals surface area contributed by atoms with Crippen molar-refractivity contribution < 1.29 is 9.84 Å². The van der Waals surface area contributed by atoms with Gasteiger partial charge in [-0.15, -0.1) is 0 Å². The summed E-state index contributed by atoms with van der Waals surface area (Å²) in [5.41, 5.74) is 13.8. The first-order valence-electron chi connectivity index (χ1n) is 12.2. The zero-order valence-corrected chi connectivity index (χ0v) is 20.4. The van der Waals surface area contributed by atoms with Crippen LogP contribution in [0.3, 0.4) is 0 Å². The summed E-state index contributed by atoms with van der Waals surface area (Å²) in [6, 6.07) is 23.3. The van der Waals surface area contributed by atoms with E-state index >= 15 is 0 Å². The molecular weight excluding hydrogens is 462 g/mol. The Labute approximate surface area is 213 Å². The molecule has 3 heterocycles. The van der Waals surface area contributed by atoms with E-state index < -0.39 is 0 Å². The number of nitrogens with zero attached hydrogens (tertiary/aromatic N) is 2. The Morgan fingerprint density at radius 2 is 1.81 bits per heavy atom. The summed E-state index contributed by atoms with van der Waals surface area (Å²) in [7, 11) is 0. The summed E-state index contributed by atoms with van der Waals surface area (Å²) in [6.45, 7) is 2.34. The number of ether oxygens (including phenoxy) is 1. The highest BCUT2D eigenvalue weighted by molar-refractivity contribution is 5.91. The second-order valence-corrected chi connectivity index (χ2v) is 9.30. The van der Waals surface area contributed by atoms with Crippen molar-refractivity contribution in [1.29, 1.82) is 0 Å². The lowest BCUT2D eigenvalue weighted by Gasteiger charge is -2.16. The van der Waals surface area contributed by atoms with Gasteiger partial charge in [-0.1, -0.05) is 36.4 Å². The van der Waals surface area contributed by atoms with E-state index in [2.05, 4.69) is 33.4 Å². The summed E-state index contributed by atoms with van der Waals surface area (Å²) in [6.07, 6.45) is 4.39. The molecule has 3 aromatic heterocycles. The first kappa shape index (κ1) is 22.8. The molecule has 0 aliphatic rings. The van der Waals surface area contributed by atoms with E-state index in [-0.39, 0.29) is 11.8 Å². The number of hydrogen-bond acceptors (Lipinski definition) is 5. The number of nitrogens with one attached hydrogen (secondary N) is 2. The van der Waals surface area contributed by atoms with E-state index in [4.69, 9.17) is 15.5 Å². The van der Waals surface area contributed by atoms with E-state index in [1.54, 1.807) is 18.3 Å². The number of rotatable bonds is 7. The fourth-order valence-electron chi connectivity index (χ4n) is 4.78. The third-order valence-electron chi connectivity index (χ3n) is 6.70. The van der Waals surface area contributed by atoms with Crippen LogP contribution in [0, 0.1) is 6.92 Å². The van der Waals surface area contributed by atoms with Crippen molar-refractivity contribution in [3.05, 3.63) is 96.4 Å². The quantitative estimate of drug-likeness (QED) is 0.229. The van der Waals surface area contributed by atoms with Crippen LogP contribution in [0.5, 0.6) is 11.5 Å². The Bertz CT molecular complexity index is 1720. The number of phenols is 1. The number of phenolic OH excluding ortho intramolecular Hbond substituents is 1. The van der Waals surface area contributed by atoms with Gasteiger partial charge in [0.05, 0.1) is 17.4 Å². The van der Waals surface area contributed by atoms with Gasteiger partial charge < -0.3 is 20.6 Å². The third-order valence-corrected chi connectivity index (χ3v) is 6.70. The van der Waals surface area contributed by atoms with Gasteiger partial charge in [-0.25, -0.2) is 0 Å². The van der Waals surface area contributed by atoms with Crippen molar-refractivity contribution in [1.82, 2.24) is 20.2 Å². The van der Waals surface area contributed by atoms with Gasteiger partial charge in [0, 0.05) is 45.3 Å². The molecule has 5 N–H and O–H groups in total. The molecule has 37 heavy (non-hydrogen) atoms. The lowest BCUT2D eigenvalue weighted by atomic mass is 9.97. The third kappa shape index (κ3) is 4.41. The minimum atomic E-state index is -0.189. The molecule has 0 aliphatic carbocycles. The van der Waals surface area contributed by atoms with Crippen LogP contribution in [0.15, 0.2) is 85.2 Å². The Hall–Kier alpha value is -4.62. The van der Waals surface area contributed by atoms with Crippen molar-refractivity contribution in [3.63, 3.8) is 0 Å². The monoisotopic (exact) mass is 489 g/mol. The maximum Gasteiger partial charge on any atom is 0.138 e. The number of aromatic nitrogens is 4. The molecule has 0 bridgehead atoms. The van der Waals surface area contributed by atoms with Crippen LogP contribution in [0.4, 0.5) is 0 Å². The van der Waals surface area contributed by atoms with Crippen molar-refractivity contribution >= 4 is 21.8 Å². The minimum absolute atomic E-state index is 0.172. The highest BCUT2D eigenvalue weighted by Gasteiger charge is 2.16. The predicted octanol–water partition coefficient (Wildman–Crippen LogP) is 5.74. The second-order valence-electron chi connectivity index (χ2n) is 9.30. The molecule has 0 radical (unpaired) electrons. The normalized spacial score (nSPS) is 12.3. The van der Waals surface area contributed by atoms with E-state index in [1.807, 2.05) is 55.6 Å². The van der Waals surface area contributed by atoms with Crippen LogP contribution in [0.2, 0.25) is 0 Å². The Morgan fingerprint density at radius 1 is 0.973 bits per heavy atom. The van der Waals surface area contributed by atoms with Gasteiger partial charge in [0.25, 0.3) is 0 Å². The molecule has 6 aromatic rings. The minimum Gasteiger partial charge on any atom is -0.507 e. The Balaban J connectivity index is 1.31. The topological polar surface area (TPSA) is 113 Å². The van der Waals surface area contributed by atoms with Gasteiger partial charge in [0.1, 0.15) is 18.1 Å². The molecule has 0 fully saturated rings. The van der Waals surface area contributed by atoms with Gasteiger partial charge in [-0.3, -0.25) is 10.1 Å². The number of nitrogens with two attached hydrogens (primary N) is 1. The van der Waals surface area contributed by atoms with E-state index in [1.165, 1.54) is 10.9 Å². The Morgan fingerprint density at radius 3 is 2.70 bits per heavy atom. The van der Waals surface area contributed by atoms with Gasteiger partial charge in [-0.05, 0) is 60.9 Å². The fourth-order valence-corrected chi connectivity index (χ4v) is 4.78. The van der Waals surface area contributed by atoms with Gasteiger partial charge >= 0.3 is 0 Å². The standard InChI is InChI=1S/C30H27N5O2/c1-18-25-13-19(10-11-28(25)35-34-18)26-14-22(16-33-30(26)24-7-3-5-9-29(24)36)37-17-21(31)12-20-15-32-27-8-4-2-6-23(20)27/h2-11,13-16,21,32,36H,12,17,31H2,1H3,(H,34,35)/t21-/m0/s1. The average Bonchev–Trinajstić information content (AvgIpc) is 3.51. The number of aromatic amines is 2. The highest BCUT2D eigenvalue weighted by Crippen LogP contribution is 2.38. The average molecular weight is 490 g/mol. The first-order valence-corrected chi connectivity index (χ1v) is 12.2. The number of fused-ring (bicyclic) bond motifs is 2. The zero-order valence-electron chi connectivity index (χ0n) is 20.4. The van der Waals surface area contributed by atoms with Crippen LogP contribution >= 0.6 is 0 Å². The fraction of sp³-hybridized carbons (Fsp3) is 0.133. The number of pyridine rings is 1. The zero-order chi connectivity index (χ0) is 25.4. The van der Waals surface area contributed by atoms with Crippen LogP contribution in [0.25, 0.3) is 44.2 Å². The summed E-state index contributed by atoms with van der Waals surface area (Å²) >= 11 is 0. The maximum absolute atomic E-state index is 10.6. The van der Waals surface area contributed by atoms with Crippen molar-refractivity contribution in [2.75, 3.05) is 6.61 Å². The molecule has 0 saturated carbocycles. The smallest absolute Gasteiger partial charge is 0.138 e. The lowest BCUT2D eigenvalue weighted by Crippen LogP contribution is -2.30. The molecule has 1 atom stereocenters. The largest absolute Gasteiger partial charge is 0.507 e.